The Labute approximate surface area is 584 Å². The molecule has 8 N–H and O–H groups in total. The van der Waals surface area contributed by atoms with Crippen LogP contribution in [0.1, 0.15) is 31.3 Å². The van der Waals surface area contributed by atoms with Gasteiger partial charge >= 0.3 is 0 Å². The zero-order valence-electron chi connectivity index (χ0n) is 55.0. The van der Waals surface area contributed by atoms with Crippen molar-refractivity contribution in [1.29, 1.82) is 0 Å². The van der Waals surface area contributed by atoms with Crippen LogP contribution >= 0.6 is 34.8 Å². The van der Waals surface area contributed by atoms with Crippen LogP contribution < -0.4 is 69.7 Å². The minimum Gasteiger partial charge on any atom is -0.497 e. The summed E-state index contributed by atoms with van der Waals surface area (Å²) >= 11 is 19.0. The van der Waals surface area contributed by atoms with Gasteiger partial charge in [-0.2, -0.15) is 29.9 Å². The van der Waals surface area contributed by atoms with Crippen molar-refractivity contribution in [2.45, 2.75) is 45.6 Å². The monoisotopic (exact) mass is 1400 g/mol. The number of amides is 1. The zero-order valence-corrected chi connectivity index (χ0v) is 57.3. The van der Waals surface area contributed by atoms with Crippen molar-refractivity contribution in [3.8, 4) is 52.1 Å². The van der Waals surface area contributed by atoms with E-state index in [0.29, 0.717) is 136 Å². The molecule has 14 rings (SSSR count). The third kappa shape index (κ3) is 17.7. The van der Waals surface area contributed by atoms with Crippen LogP contribution in [0.4, 0.5) is 35.3 Å². The third-order valence-corrected chi connectivity index (χ3v) is 16.3. The predicted molar refractivity (Wildman–Crippen MR) is 384 cm³/mol. The first kappa shape index (κ1) is 67.8. The summed E-state index contributed by atoms with van der Waals surface area (Å²) in [4.78, 5) is 69.0. The quantitative estimate of drug-likeness (QED) is 0.0331. The number of hydrogen-bond acceptors (Lipinski definition) is 23. The van der Waals surface area contributed by atoms with Gasteiger partial charge in [-0.3, -0.25) is 4.79 Å². The van der Waals surface area contributed by atoms with Gasteiger partial charge in [0.1, 0.15) is 69.4 Å². The fourth-order valence-corrected chi connectivity index (χ4v) is 11.3. The molecule has 2 atom stereocenters. The Hall–Kier alpha value is -11.1. The van der Waals surface area contributed by atoms with E-state index in [4.69, 9.17) is 68.2 Å². The maximum atomic E-state index is 11.9. The molecule has 8 heterocycles. The molecule has 510 valence electrons. The zero-order chi connectivity index (χ0) is 68.9. The minimum atomic E-state index is -0.0673. The molecule has 6 aromatic carbocycles. The largest absolute Gasteiger partial charge is 0.497 e. The van der Waals surface area contributed by atoms with Crippen LogP contribution in [0.15, 0.2) is 146 Å². The first-order valence-corrected chi connectivity index (χ1v) is 32.6. The second kappa shape index (κ2) is 31.4. The summed E-state index contributed by atoms with van der Waals surface area (Å²) in [6, 6.07) is 45.1. The topological polar surface area (TPSA) is 306 Å². The van der Waals surface area contributed by atoms with E-state index in [1.54, 1.807) is 88.1 Å². The Morgan fingerprint density at radius 3 is 1.24 bits per heavy atom. The van der Waals surface area contributed by atoms with E-state index < -0.39 is 0 Å². The van der Waals surface area contributed by atoms with Crippen LogP contribution in [0.3, 0.4) is 0 Å². The number of nitrogens with one attached hydrogen (secondary N) is 8. The number of imidazole rings is 3. The number of carbonyl (C=O) groups is 1. The van der Waals surface area contributed by atoms with Gasteiger partial charge in [0.2, 0.25) is 41.4 Å². The average Bonchev–Trinajstić information content (AvgIpc) is 1.83. The molecular weight excluding hydrogens is 1330 g/mol. The Balaban J connectivity index is 0.000000141. The highest BCUT2D eigenvalue weighted by Gasteiger charge is 2.25. The second-order valence-corrected chi connectivity index (χ2v) is 24.3. The molecule has 2 saturated heterocycles. The van der Waals surface area contributed by atoms with Gasteiger partial charge in [0.05, 0.1) is 95.7 Å². The molecule has 0 saturated carbocycles. The number of benzene rings is 6. The van der Waals surface area contributed by atoms with Gasteiger partial charge in [0.15, 0.2) is 0 Å². The molecule has 2 aliphatic rings. The van der Waals surface area contributed by atoms with Gasteiger partial charge in [-0.1, -0.05) is 71.2 Å². The molecule has 6 aromatic heterocycles. The number of fused-ring (bicyclic) bond motifs is 3. The van der Waals surface area contributed by atoms with Gasteiger partial charge in [-0.05, 0) is 86.6 Å². The highest BCUT2D eigenvalue weighted by atomic mass is 35.5. The molecule has 2 unspecified atom stereocenters. The first-order valence-electron chi connectivity index (χ1n) is 31.5. The van der Waals surface area contributed by atoms with Crippen LogP contribution in [0.5, 0.6) is 52.1 Å². The van der Waals surface area contributed by atoms with Crippen molar-refractivity contribution in [3.63, 3.8) is 0 Å². The van der Waals surface area contributed by atoms with Crippen molar-refractivity contribution in [2.24, 2.45) is 0 Å². The van der Waals surface area contributed by atoms with E-state index in [-0.39, 0.29) is 18.3 Å². The van der Waals surface area contributed by atoms with E-state index in [1.165, 1.54) is 0 Å². The molecular formula is C69H71Cl3N20O7. The van der Waals surface area contributed by atoms with E-state index >= 15 is 0 Å². The lowest BCUT2D eigenvalue weighted by Gasteiger charge is -2.37. The molecule has 0 spiro atoms. The molecule has 12 aromatic rings. The maximum absolute atomic E-state index is 11.9. The number of ether oxygens (including phenoxy) is 6. The highest BCUT2D eigenvalue weighted by Crippen LogP contribution is 2.37. The van der Waals surface area contributed by atoms with E-state index in [1.807, 2.05) is 103 Å². The average molecular weight is 1400 g/mol. The number of H-pyrrole nitrogens is 3. The molecule has 0 radical (unpaired) electrons. The number of rotatable bonds is 21. The lowest BCUT2D eigenvalue weighted by atomic mass is 10.1. The summed E-state index contributed by atoms with van der Waals surface area (Å²) in [7, 11) is 8.54. The minimum absolute atomic E-state index is 0.0673. The standard InChI is InChI=1S/C25H28ClN7O2.C23H22ClN7O3.C21H21ClN6O2/c1-15-13-33(14-16(2)28-15)23-11-24(35-21-9-8-17(34-3)10-18(21)26)32-25(31-23)27-12-22-29-19-6-4-5-7-20(19)30-22;1-33-14-6-7-18(15(24)10-14)34-22-11-20(31-9-8-25-21(32)13-31)29-23(30-22)26-12-19-27-16-4-2-3-5-17(16)28-19;1-28(2)19-11-20(30-17-9-8-13(29-3)10-14(17)22)27-21(26-19)23-12-18-24-15-6-4-5-7-16(15)25-18/h4-11,15-16,28H,12-14H2,1-3H3,(H,29,30)(H,27,31,32);2-7,10-11H,8-9,12-13H2,1H3,(H,25,32)(H,27,28)(H,26,29,30);4-11H,12H2,1-3H3,(H,24,25)(H,23,26,27). The van der Waals surface area contributed by atoms with Crippen LogP contribution in [-0.2, 0) is 24.4 Å². The summed E-state index contributed by atoms with van der Waals surface area (Å²) in [6.07, 6.45) is 0. The smallest absolute Gasteiger partial charge is 0.239 e. The van der Waals surface area contributed by atoms with Gasteiger partial charge in [0, 0.05) is 88.8 Å². The fourth-order valence-electron chi connectivity index (χ4n) is 10.7. The van der Waals surface area contributed by atoms with Gasteiger partial charge < -0.3 is 84.7 Å². The molecule has 1 amide bonds. The lowest BCUT2D eigenvalue weighted by Crippen LogP contribution is -2.54. The number of anilines is 6. The lowest BCUT2D eigenvalue weighted by molar-refractivity contribution is -0.120. The van der Waals surface area contributed by atoms with Crippen LogP contribution in [0.2, 0.25) is 15.1 Å². The van der Waals surface area contributed by atoms with E-state index in [0.717, 1.165) is 69.5 Å². The number of halogens is 3. The molecule has 0 bridgehead atoms. The van der Waals surface area contributed by atoms with E-state index in [2.05, 4.69) is 100 Å². The Morgan fingerprint density at radius 1 is 0.485 bits per heavy atom. The Morgan fingerprint density at radius 2 is 0.869 bits per heavy atom. The van der Waals surface area contributed by atoms with Gasteiger partial charge in [-0.15, -0.1) is 0 Å². The van der Waals surface area contributed by atoms with E-state index in [9.17, 15) is 4.79 Å². The Kier molecular flexibility index (Phi) is 21.5. The first-order chi connectivity index (χ1) is 48.0. The van der Waals surface area contributed by atoms with Crippen molar-refractivity contribution in [2.75, 3.05) is 98.8 Å². The molecule has 30 heteroatoms. The van der Waals surface area contributed by atoms with Crippen LogP contribution in [0, 0.1) is 0 Å². The molecule has 27 nitrogen and oxygen atoms in total. The molecule has 0 aliphatic carbocycles. The van der Waals surface area contributed by atoms with Gasteiger partial charge in [0.25, 0.3) is 0 Å². The normalized spacial score (nSPS) is 14.3. The number of methoxy groups -OCH3 is 3. The third-order valence-electron chi connectivity index (χ3n) is 15.4. The molecule has 2 aliphatic heterocycles. The SMILES string of the molecule is COc1ccc(Oc2cc(N(C)C)nc(NCc3nc4ccccc4[nH]3)n2)c(Cl)c1.COc1ccc(Oc2cc(N3CC(C)NC(C)C3)nc(NCc3nc4ccccc4[nH]3)n2)c(Cl)c1.COc1ccc(Oc2cc(N3CCNC(=O)C3)nc(NCc3nc4ccccc4[nH]3)n2)c(Cl)c1. The van der Waals surface area contributed by atoms with Crippen molar-refractivity contribution in [3.05, 3.63) is 178 Å². The Bertz CT molecular complexity index is 4680. The predicted octanol–water partition coefficient (Wildman–Crippen LogP) is 12.4. The van der Waals surface area contributed by atoms with Gasteiger partial charge in [-0.25, -0.2) is 15.0 Å². The van der Waals surface area contributed by atoms with Crippen LogP contribution in [-0.4, -0.2) is 146 Å². The molecule has 2 fully saturated rings. The van der Waals surface area contributed by atoms with Crippen LogP contribution in [0.25, 0.3) is 33.1 Å². The maximum Gasteiger partial charge on any atom is 0.239 e. The number of nitrogens with zero attached hydrogens (tertiary/aromatic N) is 12. The summed E-state index contributed by atoms with van der Waals surface area (Å²) in [6.45, 7) is 8.59. The number of hydrogen-bond donors (Lipinski definition) is 8. The fraction of sp³-hybridized carbons (Fsp3) is 0.246. The van der Waals surface area contributed by atoms with Crippen molar-refractivity contribution >= 4 is 109 Å². The number of aromatic amines is 3. The summed E-state index contributed by atoms with van der Waals surface area (Å²) in [5, 5.41) is 17.3. The second-order valence-electron chi connectivity index (χ2n) is 23.1. The summed E-state index contributed by atoms with van der Waals surface area (Å²) < 4.78 is 33.6. The molecule has 99 heavy (non-hydrogen) atoms. The number of aromatic nitrogens is 12. The summed E-state index contributed by atoms with van der Waals surface area (Å²) in [5.74, 6) is 9.87. The summed E-state index contributed by atoms with van der Waals surface area (Å²) in [5.41, 5.74) is 5.63. The number of carbonyl (C=O) groups excluding carboxylic acids is 1. The van der Waals surface area contributed by atoms with Crippen molar-refractivity contribution < 1.29 is 33.2 Å². The van der Waals surface area contributed by atoms with Crippen molar-refractivity contribution in [1.82, 2.24) is 70.4 Å². The highest BCUT2D eigenvalue weighted by molar-refractivity contribution is 6.33. The number of para-hydroxylation sites is 6. The number of piperazine rings is 2.